The number of hydrogen-bond acceptors (Lipinski definition) is 15. The van der Waals surface area contributed by atoms with Crippen molar-refractivity contribution >= 4 is 39.5 Å². The fourth-order valence-corrected chi connectivity index (χ4v) is 12.4. The molecule has 6 atom stereocenters. The van der Waals surface area contributed by atoms with Crippen molar-refractivity contribution in [3.8, 4) is 0 Å². The molecule has 0 amide bonds. The molecule has 3 unspecified atom stereocenters. The number of carbonyl (C=O) groups excluding carboxylic acids is 4. The van der Waals surface area contributed by atoms with Gasteiger partial charge < -0.3 is 33.8 Å². The molecule has 0 aromatic heterocycles. The van der Waals surface area contributed by atoms with Crippen molar-refractivity contribution in [3.05, 3.63) is 0 Å². The molecule has 0 aliphatic rings. The van der Waals surface area contributed by atoms with E-state index in [1.165, 1.54) is 154 Å². The molecule has 0 saturated carbocycles. The number of unbranched alkanes of at least 4 members (excludes halogenated alkanes) is 34. The summed E-state index contributed by atoms with van der Waals surface area (Å²) < 4.78 is 68.4. The van der Waals surface area contributed by atoms with E-state index in [1.54, 1.807) is 0 Å². The first-order valence-electron chi connectivity index (χ1n) is 37.2. The standard InChI is InChI=1S/C72H140O17P2/c1-9-65(8)51-43-35-30-31-37-45-53-70(75)83-59-68(89-72(77)55-47-39-29-21-17-13-15-19-25-33-41-49-63(4)5)61-87-91(80,81)85-57-66(73)56-84-90(78,79)86-60-67(58-82-69(74)52-44-36-27-23-22-26-34-42-50-64(6)7)88-71(76)54-46-38-28-20-16-12-10-11-14-18-24-32-40-48-62(2)3/h62-68,73H,9-61H2,1-8H3,(H,78,79)(H,80,81)/t65?,66-,67-,68-/m1/s1. The number of ether oxygens (including phenoxy) is 4. The Labute approximate surface area is 556 Å². The number of rotatable bonds is 69. The van der Waals surface area contributed by atoms with Gasteiger partial charge in [0.15, 0.2) is 12.2 Å². The summed E-state index contributed by atoms with van der Waals surface area (Å²) in [5.74, 6) is 0.882. The summed E-state index contributed by atoms with van der Waals surface area (Å²) in [7, 11) is -9.91. The molecule has 0 saturated heterocycles. The van der Waals surface area contributed by atoms with E-state index < -0.39 is 97.5 Å². The highest BCUT2D eigenvalue weighted by Gasteiger charge is 2.30. The molecule has 17 nitrogen and oxygen atoms in total. The van der Waals surface area contributed by atoms with Crippen molar-refractivity contribution in [2.75, 3.05) is 39.6 Å². The molecule has 0 bridgehead atoms. The molecule has 0 rings (SSSR count). The number of esters is 4. The second kappa shape index (κ2) is 61.6. The average molecular weight is 1340 g/mol. The number of carbonyl (C=O) groups is 4. The van der Waals surface area contributed by atoms with Gasteiger partial charge in [0.05, 0.1) is 26.4 Å². The smallest absolute Gasteiger partial charge is 0.462 e. The summed E-state index contributed by atoms with van der Waals surface area (Å²) in [6, 6.07) is 0. The van der Waals surface area contributed by atoms with Crippen LogP contribution in [0.25, 0.3) is 0 Å². The Kier molecular flexibility index (Phi) is 60.3. The molecular formula is C72H140O17P2. The van der Waals surface area contributed by atoms with Crippen molar-refractivity contribution in [1.82, 2.24) is 0 Å². The lowest BCUT2D eigenvalue weighted by atomic mass is 10.00. The summed E-state index contributed by atoms with van der Waals surface area (Å²) in [6.07, 6.45) is 44.4. The molecule has 0 fully saturated rings. The van der Waals surface area contributed by atoms with Gasteiger partial charge in [-0.2, -0.15) is 0 Å². The van der Waals surface area contributed by atoms with Gasteiger partial charge in [0, 0.05) is 25.7 Å². The molecule has 0 spiro atoms. The first kappa shape index (κ1) is 89.1. The van der Waals surface area contributed by atoms with Gasteiger partial charge in [0.25, 0.3) is 0 Å². The van der Waals surface area contributed by atoms with Crippen LogP contribution in [-0.4, -0.2) is 96.7 Å². The van der Waals surface area contributed by atoms with Crippen molar-refractivity contribution in [2.45, 2.75) is 375 Å². The summed E-state index contributed by atoms with van der Waals surface area (Å²) >= 11 is 0. The van der Waals surface area contributed by atoms with E-state index in [-0.39, 0.29) is 25.7 Å². The predicted octanol–water partition coefficient (Wildman–Crippen LogP) is 20.5. The SMILES string of the molecule is CCC(C)CCCCCCCCC(=O)OC[C@H](COP(=O)(O)OC[C@H](O)COP(=O)(O)OC[C@@H](COC(=O)CCCCCCCCCCC(C)C)OC(=O)CCCCCCCCCCCCCCCC(C)C)OC(=O)CCCCCCCCCCCCCC(C)C. The second-order valence-electron chi connectivity index (χ2n) is 27.6. The van der Waals surface area contributed by atoms with Gasteiger partial charge in [-0.3, -0.25) is 37.3 Å². The van der Waals surface area contributed by atoms with Gasteiger partial charge in [-0.25, -0.2) is 9.13 Å². The average Bonchev–Trinajstić information content (AvgIpc) is 3.70. The minimum atomic E-state index is -4.95. The Hall–Kier alpha value is -1.94. The Morgan fingerprint density at radius 2 is 0.527 bits per heavy atom. The molecule has 0 aromatic rings. The lowest BCUT2D eigenvalue weighted by molar-refractivity contribution is -0.161. The third-order valence-electron chi connectivity index (χ3n) is 16.9. The maximum absolute atomic E-state index is 13.0. The summed E-state index contributed by atoms with van der Waals surface area (Å²) in [4.78, 5) is 72.6. The Morgan fingerprint density at radius 3 is 0.780 bits per heavy atom. The fourth-order valence-electron chi connectivity index (χ4n) is 10.8. The summed E-state index contributed by atoms with van der Waals surface area (Å²) in [5, 5.41) is 10.6. The number of hydrogen-bond donors (Lipinski definition) is 3. The first-order valence-corrected chi connectivity index (χ1v) is 40.2. The van der Waals surface area contributed by atoms with Gasteiger partial charge >= 0.3 is 39.5 Å². The van der Waals surface area contributed by atoms with Crippen LogP contribution in [0.3, 0.4) is 0 Å². The summed E-state index contributed by atoms with van der Waals surface area (Å²) in [6.45, 7) is 14.1. The lowest BCUT2D eigenvalue weighted by Crippen LogP contribution is -2.30. The molecule has 3 N–H and O–H groups in total. The molecule has 91 heavy (non-hydrogen) atoms. The minimum Gasteiger partial charge on any atom is -0.462 e. The van der Waals surface area contributed by atoms with Crippen LogP contribution in [0.2, 0.25) is 0 Å². The normalized spacial score (nSPS) is 14.5. The van der Waals surface area contributed by atoms with E-state index in [9.17, 15) is 43.2 Å². The van der Waals surface area contributed by atoms with E-state index >= 15 is 0 Å². The molecular weight excluding hydrogens is 1200 g/mol. The van der Waals surface area contributed by atoms with E-state index in [2.05, 4.69) is 55.4 Å². The number of aliphatic hydroxyl groups excluding tert-OH is 1. The van der Waals surface area contributed by atoms with Crippen LogP contribution in [0.15, 0.2) is 0 Å². The summed E-state index contributed by atoms with van der Waals surface area (Å²) in [5.41, 5.74) is 0. The molecule has 0 aromatic carbocycles. The van der Waals surface area contributed by atoms with E-state index in [4.69, 9.17) is 37.0 Å². The first-order chi connectivity index (χ1) is 43.6. The number of aliphatic hydroxyl groups is 1. The Balaban J connectivity index is 5.25. The monoisotopic (exact) mass is 1340 g/mol. The zero-order chi connectivity index (χ0) is 67.5. The van der Waals surface area contributed by atoms with Crippen molar-refractivity contribution in [3.63, 3.8) is 0 Å². The molecule has 19 heteroatoms. The highest BCUT2D eigenvalue weighted by Crippen LogP contribution is 2.45. The van der Waals surface area contributed by atoms with Gasteiger partial charge in [-0.05, 0) is 49.4 Å². The van der Waals surface area contributed by atoms with Crippen LogP contribution < -0.4 is 0 Å². The molecule has 0 aliphatic carbocycles. The van der Waals surface area contributed by atoms with Crippen LogP contribution in [0.1, 0.15) is 357 Å². The van der Waals surface area contributed by atoms with E-state index in [0.717, 1.165) is 120 Å². The topological polar surface area (TPSA) is 237 Å². The van der Waals surface area contributed by atoms with E-state index in [1.807, 2.05) is 0 Å². The van der Waals surface area contributed by atoms with Crippen LogP contribution in [-0.2, 0) is 65.4 Å². The number of phosphoric ester groups is 2. The maximum Gasteiger partial charge on any atom is 0.472 e. The lowest BCUT2D eigenvalue weighted by Gasteiger charge is -2.21. The Morgan fingerprint density at radius 1 is 0.308 bits per heavy atom. The van der Waals surface area contributed by atoms with Gasteiger partial charge in [0.2, 0.25) is 0 Å². The van der Waals surface area contributed by atoms with Crippen LogP contribution in [0, 0.1) is 23.7 Å². The van der Waals surface area contributed by atoms with Crippen molar-refractivity contribution in [2.24, 2.45) is 23.7 Å². The molecule has 540 valence electrons. The molecule has 0 aliphatic heterocycles. The van der Waals surface area contributed by atoms with Crippen molar-refractivity contribution in [1.29, 1.82) is 0 Å². The van der Waals surface area contributed by atoms with Gasteiger partial charge in [0.1, 0.15) is 19.3 Å². The van der Waals surface area contributed by atoms with Crippen molar-refractivity contribution < 1.29 is 80.2 Å². The zero-order valence-corrected chi connectivity index (χ0v) is 61.3. The molecule has 0 radical (unpaired) electrons. The van der Waals surface area contributed by atoms with Gasteiger partial charge in [-0.1, -0.05) is 306 Å². The Bertz CT molecular complexity index is 1800. The quantitative estimate of drug-likeness (QED) is 0.0222. The second-order valence-corrected chi connectivity index (χ2v) is 30.6. The van der Waals surface area contributed by atoms with Crippen LogP contribution in [0.5, 0.6) is 0 Å². The third-order valence-corrected chi connectivity index (χ3v) is 18.8. The fraction of sp³-hybridized carbons (Fsp3) is 0.944. The predicted molar refractivity (Wildman–Crippen MR) is 367 cm³/mol. The largest absolute Gasteiger partial charge is 0.472 e. The maximum atomic E-state index is 13.0. The van der Waals surface area contributed by atoms with E-state index in [0.29, 0.717) is 25.7 Å². The third kappa shape index (κ3) is 65.1. The van der Waals surface area contributed by atoms with Crippen LogP contribution >= 0.6 is 15.6 Å². The highest BCUT2D eigenvalue weighted by molar-refractivity contribution is 7.47. The number of phosphoric acid groups is 2. The molecule has 0 heterocycles. The zero-order valence-electron chi connectivity index (χ0n) is 59.5. The van der Waals surface area contributed by atoms with Crippen LogP contribution in [0.4, 0.5) is 0 Å². The van der Waals surface area contributed by atoms with Gasteiger partial charge in [-0.15, -0.1) is 0 Å². The highest BCUT2D eigenvalue weighted by atomic mass is 31.2. The minimum absolute atomic E-state index is 0.105.